The second-order valence-corrected chi connectivity index (χ2v) is 6.58. The van der Waals surface area contributed by atoms with Crippen molar-refractivity contribution in [3.63, 3.8) is 0 Å². The molecule has 0 bridgehead atoms. The average molecular weight is 314 g/mol. The Labute approximate surface area is 117 Å². The Bertz CT molecular complexity index is 431. The Morgan fingerprint density at radius 3 is 2.50 bits per heavy atom. The normalized spacial score (nSPS) is 19.0. The largest absolute Gasteiger partial charge is 0.466 e. The molecule has 3 nitrogen and oxygen atoms in total. The fraction of sp³-hybridized carbons (Fsp3) is 0.643. The van der Waals surface area contributed by atoms with Crippen molar-refractivity contribution in [2.24, 2.45) is 5.92 Å². The standard InChI is InChI=1S/C14H20BrNO2/c1-9-8-13(11(3)18-9)14(17)16-6-4-12(5-7-16)10(2)15/h8,10,12H,4-7H2,1-3H3. The lowest BCUT2D eigenvalue weighted by Gasteiger charge is -2.33. The van der Waals surface area contributed by atoms with Gasteiger partial charge >= 0.3 is 0 Å². The third-order valence-corrected chi connectivity index (χ3v) is 4.50. The molecule has 100 valence electrons. The van der Waals surface area contributed by atoms with Gasteiger partial charge in [-0.2, -0.15) is 0 Å². The monoisotopic (exact) mass is 313 g/mol. The molecular weight excluding hydrogens is 294 g/mol. The third kappa shape index (κ3) is 2.79. The summed E-state index contributed by atoms with van der Waals surface area (Å²) >= 11 is 3.63. The molecule has 1 saturated heterocycles. The predicted molar refractivity (Wildman–Crippen MR) is 75.2 cm³/mol. The maximum absolute atomic E-state index is 12.4. The van der Waals surface area contributed by atoms with Crippen molar-refractivity contribution in [2.75, 3.05) is 13.1 Å². The number of carbonyl (C=O) groups excluding carboxylic acids is 1. The number of furan rings is 1. The lowest BCUT2D eigenvalue weighted by Crippen LogP contribution is -2.40. The second kappa shape index (κ2) is 5.47. The van der Waals surface area contributed by atoms with E-state index in [-0.39, 0.29) is 5.91 Å². The summed E-state index contributed by atoms with van der Waals surface area (Å²) in [6, 6.07) is 1.84. The summed E-state index contributed by atoms with van der Waals surface area (Å²) < 4.78 is 5.43. The number of hydrogen-bond acceptors (Lipinski definition) is 2. The second-order valence-electron chi connectivity index (χ2n) is 5.13. The smallest absolute Gasteiger partial charge is 0.257 e. The summed E-state index contributed by atoms with van der Waals surface area (Å²) in [7, 11) is 0. The fourth-order valence-corrected chi connectivity index (χ4v) is 3.10. The number of piperidine rings is 1. The maximum Gasteiger partial charge on any atom is 0.257 e. The minimum Gasteiger partial charge on any atom is -0.466 e. The predicted octanol–water partition coefficient (Wildman–Crippen LogP) is 3.53. The molecule has 2 heterocycles. The Morgan fingerprint density at radius 2 is 2.06 bits per heavy atom. The van der Waals surface area contributed by atoms with E-state index in [1.165, 1.54) is 0 Å². The van der Waals surface area contributed by atoms with E-state index in [1.54, 1.807) is 0 Å². The number of aryl methyl sites for hydroxylation is 2. The van der Waals surface area contributed by atoms with E-state index in [2.05, 4.69) is 22.9 Å². The van der Waals surface area contributed by atoms with Crippen molar-refractivity contribution in [1.29, 1.82) is 0 Å². The molecule has 0 saturated carbocycles. The van der Waals surface area contributed by atoms with E-state index in [1.807, 2.05) is 24.8 Å². The van der Waals surface area contributed by atoms with Gasteiger partial charge in [-0.3, -0.25) is 4.79 Å². The first kappa shape index (κ1) is 13.7. The number of halogens is 1. The molecular formula is C14H20BrNO2. The summed E-state index contributed by atoms with van der Waals surface area (Å²) in [5.74, 6) is 2.33. The van der Waals surface area contributed by atoms with Crippen LogP contribution in [-0.4, -0.2) is 28.7 Å². The van der Waals surface area contributed by atoms with E-state index >= 15 is 0 Å². The van der Waals surface area contributed by atoms with Crippen LogP contribution in [0.1, 0.15) is 41.6 Å². The lowest BCUT2D eigenvalue weighted by molar-refractivity contribution is 0.0689. The number of likely N-dealkylation sites (tertiary alicyclic amines) is 1. The number of alkyl halides is 1. The highest BCUT2D eigenvalue weighted by molar-refractivity contribution is 9.09. The third-order valence-electron chi connectivity index (χ3n) is 3.75. The van der Waals surface area contributed by atoms with Crippen LogP contribution in [0, 0.1) is 19.8 Å². The van der Waals surface area contributed by atoms with Crippen molar-refractivity contribution in [3.8, 4) is 0 Å². The molecule has 4 heteroatoms. The van der Waals surface area contributed by atoms with Gasteiger partial charge in [0.15, 0.2) is 0 Å². The Balaban J connectivity index is 2.02. The van der Waals surface area contributed by atoms with Crippen LogP contribution in [0.2, 0.25) is 0 Å². The highest BCUT2D eigenvalue weighted by atomic mass is 79.9. The summed E-state index contributed by atoms with van der Waals surface area (Å²) in [5, 5.41) is 0. The van der Waals surface area contributed by atoms with Crippen LogP contribution in [0.15, 0.2) is 10.5 Å². The molecule has 1 fully saturated rings. The Kier molecular flexibility index (Phi) is 4.15. The molecule has 18 heavy (non-hydrogen) atoms. The molecule has 1 atom stereocenters. The van der Waals surface area contributed by atoms with Crippen molar-refractivity contribution in [3.05, 3.63) is 23.2 Å². The van der Waals surface area contributed by atoms with Gasteiger partial charge in [0.2, 0.25) is 0 Å². The van der Waals surface area contributed by atoms with E-state index in [9.17, 15) is 4.79 Å². The van der Waals surface area contributed by atoms with Gasteiger partial charge in [-0.15, -0.1) is 0 Å². The van der Waals surface area contributed by atoms with Gasteiger partial charge in [0.25, 0.3) is 5.91 Å². The topological polar surface area (TPSA) is 33.5 Å². The molecule has 1 unspecified atom stereocenters. The number of nitrogens with zero attached hydrogens (tertiary/aromatic N) is 1. The molecule has 2 rings (SSSR count). The number of amides is 1. The summed E-state index contributed by atoms with van der Waals surface area (Å²) in [6.45, 7) is 7.62. The zero-order chi connectivity index (χ0) is 13.3. The van der Waals surface area contributed by atoms with Crippen molar-refractivity contribution < 1.29 is 9.21 Å². The van der Waals surface area contributed by atoms with Crippen LogP contribution in [0.4, 0.5) is 0 Å². The molecule has 1 amide bonds. The number of rotatable bonds is 2. The summed E-state index contributed by atoms with van der Waals surface area (Å²) in [6.07, 6.45) is 2.15. The summed E-state index contributed by atoms with van der Waals surface area (Å²) in [5.41, 5.74) is 0.720. The number of hydrogen-bond donors (Lipinski definition) is 0. The van der Waals surface area contributed by atoms with Gasteiger partial charge in [0.1, 0.15) is 11.5 Å². The zero-order valence-corrected chi connectivity index (χ0v) is 12.8. The number of carbonyl (C=O) groups is 1. The molecule has 0 spiro atoms. The van der Waals surface area contributed by atoms with Crippen LogP contribution in [0.3, 0.4) is 0 Å². The summed E-state index contributed by atoms with van der Waals surface area (Å²) in [4.78, 5) is 14.8. The van der Waals surface area contributed by atoms with Gasteiger partial charge in [-0.25, -0.2) is 0 Å². The first-order chi connectivity index (χ1) is 8.49. The van der Waals surface area contributed by atoms with E-state index in [0.717, 1.165) is 43.0 Å². The van der Waals surface area contributed by atoms with Crippen LogP contribution < -0.4 is 0 Å². The molecule has 1 aromatic rings. The Hall–Kier alpha value is -0.770. The Morgan fingerprint density at radius 1 is 1.44 bits per heavy atom. The van der Waals surface area contributed by atoms with E-state index in [4.69, 9.17) is 4.42 Å². The van der Waals surface area contributed by atoms with Gasteiger partial charge in [0.05, 0.1) is 5.56 Å². The highest BCUT2D eigenvalue weighted by Gasteiger charge is 2.27. The molecule has 0 radical (unpaired) electrons. The van der Waals surface area contributed by atoms with E-state index in [0.29, 0.717) is 10.7 Å². The lowest BCUT2D eigenvalue weighted by atomic mass is 9.94. The van der Waals surface area contributed by atoms with Gasteiger partial charge in [-0.1, -0.05) is 22.9 Å². The zero-order valence-electron chi connectivity index (χ0n) is 11.2. The fourth-order valence-electron chi connectivity index (χ4n) is 2.58. The first-order valence-corrected chi connectivity index (χ1v) is 7.41. The minimum absolute atomic E-state index is 0.116. The van der Waals surface area contributed by atoms with Crippen LogP contribution >= 0.6 is 15.9 Å². The molecule has 1 aliphatic heterocycles. The quantitative estimate of drug-likeness (QED) is 0.783. The van der Waals surface area contributed by atoms with Crippen molar-refractivity contribution in [1.82, 2.24) is 4.90 Å². The minimum atomic E-state index is 0.116. The molecule has 1 aromatic heterocycles. The van der Waals surface area contributed by atoms with Crippen LogP contribution in [0.5, 0.6) is 0 Å². The molecule has 0 N–H and O–H groups in total. The van der Waals surface area contributed by atoms with Crippen molar-refractivity contribution in [2.45, 2.75) is 38.4 Å². The van der Waals surface area contributed by atoms with Crippen LogP contribution in [0.25, 0.3) is 0 Å². The maximum atomic E-state index is 12.4. The molecule has 0 aromatic carbocycles. The van der Waals surface area contributed by atoms with Crippen molar-refractivity contribution >= 4 is 21.8 Å². The molecule has 1 aliphatic rings. The van der Waals surface area contributed by atoms with Gasteiger partial charge < -0.3 is 9.32 Å². The SMILES string of the molecule is Cc1cc(C(=O)N2CCC(C(C)Br)CC2)c(C)o1. The first-order valence-electron chi connectivity index (χ1n) is 6.49. The average Bonchev–Trinajstić information content (AvgIpc) is 2.67. The van der Waals surface area contributed by atoms with E-state index < -0.39 is 0 Å². The molecule has 0 aliphatic carbocycles. The van der Waals surface area contributed by atoms with Crippen LogP contribution in [-0.2, 0) is 0 Å². The highest BCUT2D eigenvalue weighted by Crippen LogP contribution is 2.26. The van der Waals surface area contributed by atoms with Gasteiger partial charge in [0, 0.05) is 17.9 Å². The van der Waals surface area contributed by atoms with Gasteiger partial charge in [-0.05, 0) is 38.7 Å².